The van der Waals surface area contributed by atoms with Crippen LogP contribution in [0.4, 0.5) is 5.69 Å². The molecule has 1 heterocycles. The number of nitrogens with two attached hydrogens (primary N) is 1. The Bertz CT molecular complexity index is 580. The van der Waals surface area contributed by atoms with Gasteiger partial charge in [0.2, 0.25) is 5.91 Å². The van der Waals surface area contributed by atoms with E-state index in [-0.39, 0.29) is 24.4 Å². The van der Waals surface area contributed by atoms with Crippen molar-refractivity contribution in [2.24, 2.45) is 0 Å². The third-order valence-electron chi connectivity index (χ3n) is 3.06. The van der Waals surface area contributed by atoms with Gasteiger partial charge in [-0.3, -0.25) is 4.79 Å². The van der Waals surface area contributed by atoms with Crippen molar-refractivity contribution < 1.29 is 4.79 Å². The van der Waals surface area contributed by atoms with Gasteiger partial charge in [0.25, 0.3) is 0 Å². The van der Waals surface area contributed by atoms with Gasteiger partial charge in [-0.1, -0.05) is 12.1 Å². The van der Waals surface area contributed by atoms with Crippen molar-refractivity contribution in [2.75, 3.05) is 5.73 Å². The van der Waals surface area contributed by atoms with Crippen molar-refractivity contribution >= 4 is 35.3 Å². The molecule has 21 heavy (non-hydrogen) atoms. The van der Waals surface area contributed by atoms with Crippen LogP contribution in [-0.2, 0) is 17.6 Å². The molecule has 0 saturated heterocycles. The van der Waals surface area contributed by atoms with Crippen LogP contribution in [0.2, 0.25) is 0 Å². The molecule has 0 aliphatic rings. The molecule has 0 aliphatic heterocycles. The maximum absolute atomic E-state index is 12.0. The van der Waals surface area contributed by atoms with Crippen LogP contribution in [0.3, 0.4) is 0 Å². The van der Waals surface area contributed by atoms with Crippen LogP contribution >= 0.6 is 23.7 Å². The van der Waals surface area contributed by atoms with Crippen molar-refractivity contribution in [3.63, 3.8) is 0 Å². The summed E-state index contributed by atoms with van der Waals surface area (Å²) in [4.78, 5) is 14.6. The van der Waals surface area contributed by atoms with Crippen molar-refractivity contribution in [2.45, 2.75) is 32.7 Å². The van der Waals surface area contributed by atoms with Gasteiger partial charge in [-0.2, -0.15) is 0 Å². The van der Waals surface area contributed by atoms with Crippen molar-refractivity contribution in [1.29, 1.82) is 0 Å². The Balaban J connectivity index is 0.00000220. The number of nitrogens with one attached hydrogen (secondary N) is 1. The highest BCUT2D eigenvalue weighted by Crippen LogP contribution is 2.16. The molecular formula is C16H21ClN2OS. The fraction of sp³-hybridized carbons (Fsp3) is 0.312. The van der Waals surface area contributed by atoms with Gasteiger partial charge in [0.1, 0.15) is 0 Å². The lowest BCUT2D eigenvalue weighted by Crippen LogP contribution is -2.34. The topological polar surface area (TPSA) is 55.1 Å². The zero-order valence-electron chi connectivity index (χ0n) is 12.3. The molecule has 0 fully saturated rings. The minimum atomic E-state index is 0. The highest BCUT2D eigenvalue weighted by Gasteiger charge is 2.10. The first-order valence-electron chi connectivity index (χ1n) is 6.72. The SMILES string of the molecule is Cc1ccc(CC(C)NC(=O)Cc2ccc(N)cc2)s1.Cl. The molecule has 0 aliphatic carbocycles. The third kappa shape index (κ3) is 5.78. The first-order valence-corrected chi connectivity index (χ1v) is 7.53. The second-order valence-electron chi connectivity index (χ2n) is 5.10. The van der Waals surface area contributed by atoms with E-state index in [0.29, 0.717) is 6.42 Å². The van der Waals surface area contributed by atoms with E-state index < -0.39 is 0 Å². The molecule has 1 aromatic heterocycles. The molecular weight excluding hydrogens is 304 g/mol. The molecule has 1 aromatic carbocycles. The minimum Gasteiger partial charge on any atom is -0.399 e. The maximum Gasteiger partial charge on any atom is 0.224 e. The molecule has 2 rings (SSSR count). The number of rotatable bonds is 5. The molecule has 1 amide bonds. The van der Waals surface area contributed by atoms with Crippen molar-refractivity contribution in [3.8, 4) is 0 Å². The van der Waals surface area contributed by atoms with E-state index in [1.54, 1.807) is 11.3 Å². The van der Waals surface area contributed by atoms with Crippen LogP contribution in [-0.4, -0.2) is 11.9 Å². The van der Waals surface area contributed by atoms with Gasteiger partial charge in [0.05, 0.1) is 6.42 Å². The molecule has 0 radical (unpaired) electrons. The van der Waals surface area contributed by atoms with Gasteiger partial charge >= 0.3 is 0 Å². The van der Waals surface area contributed by atoms with Crippen molar-refractivity contribution in [3.05, 3.63) is 51.7 Å². The monoisotopic (exact) mass is 324 g/mol. The maximum atomic E-state index is 12.0. The van der Waals surface area contributed by atoms with E-state index in [9.17, 15) is 4.79 Å². The summed E-state index contributed by atoms with van der Waals surface area (Å²) >= 11 is 1.78. The summed E-state index contributed by atoms with van der Waals surface area (Å²) in [6.45, 7) is 4.13. The molecule has 3 N–H and O–H groups in total. The number of carbonyl (C=O) groups excluding carboxylic acids is 1. The largest absolute Gasteiger partial charge is 0.399 e. The Hall–Kier alpha value is -1.52. The highest BCUT2D eigenvalue weighted by atomic mass is 35.5. The van der Waals surface area contributed by atoms with Crippen LogP contribution in [0.5, 0.6) is 0 Å². The molecule has 0 saturated carbocycles. The van der Waals surface area contributed by atoms with Gasteiger partial charge < -0.3 is 11.1 Å². The van der Waals surface area contributed by atoms with E-state index in [2.05, 4.69) is 24.4 Å². The quantitative estimate of drug-likeness (QED) is 0.829. The van der Waals surface area contributed by atoms with Gasteiger partial charge in [0.15, 0.2) is 0 Å². The summed E-state index contributed by atoms with van der Waals surface area (Å²) in [6, 6.07) is 11.8. The summed E-state index contributed by atoms with van der Waals surface area (Å²) in [5.41, 5.74) is 7.33. The number of hydrogen-bond donors (Lipinski definition) is 2. The average molecular weight is 325 g/mol. The summed E-state index contributed by atoms with van der Waals surface area (Å²) in [7, 11) is 0. The van der Waals surface area contributed by atoms with Crippen molar-refractivity contribution in [1.82, 2.24) is 5.32 Å². The molecule has 0 spiro atoms. The molecule has 1 atom stereocenters. The van der Waals surface area contributed by atoms with Crippen LogP contribution in [0.25, 0.3) is 0 Å². The van der Waals surface area contributed by atoms with Gasteiger partial charge in [0, 0.05) is 27.9 Å². The number of benzene rings is 1. The Morgan fingerprint density at radius 2 is 1.90 bits per heavy atom. The van der Waals surface area contributed by atoms with Crippen LogP contribution < -0.4 is 11.1 Å². The number of halogens is 1. The average Bonchev–Trinajstić information content (AvgIpc) is 2.77. The first kappa shape index (κ1) is 17.5. The Kier molecular flexibility index (Phi) is 6.72. The number of amides is 1. The lowest BCUT2D eigenvalue weighted by molar-refractivity contribution is -0.121. The standard InChI is InChI=1S/C16H20N2OS.ClH/c1-11(9-15-8-3-12(2)20-15)18-16(19)10-13-4-6-14(17)7-5-13;/h3-8,11H,9-10,17H2,1-2H3,(H,18,19);1H. The van der Waals surface area contributed by atoms with Crippen LogP contribution in [0.15, 0.2) is 36.4 Å². The van der Waals surface area contributed by atoms with E-state index >= 15 is 0 Å². The Morgan fingerprint density at radius 1 is 1.24 bits per heavy atom. The minimum absolute atomic E-state index is 0. The highest BCUT2D eigenvalue weighted by molar-refractivity contribution is 7.11. The van der Waals surface area contributed by atoms with E-state index in [1.807, 2.05) is 31.2 Å². The van der Waals surface area contributed by atoms with Gasteiger partial charge in [-0.05, 0) is 43.7 Å². The first-order chi connectivity index (χ1) is 9.52. The van der Waals surface area contributed by atoms with Crippen LogP contribution in [0.1, 0.15) is 22.2 Å². The number of hydrogen-bond acceptors (Lipinski definition) is 3. The summed E-state index contributed by atoms with van der Waals surface area (Å²) in [6.07, 6.45) is 1.28. The van der Waals surface area contributed by atoms with E-state index in [0.717, 1.165) is 17.7 Å². The number of aryl methyl sites for hydroxylation is 1. The van der Waals surface area contributed by atoms with Gasteiger partial charge in [-0.15, -0.1) is 23.7 Å². The fourth-order valence-corrected chi connectivity index (χ4v) is 3.11. The predicted octanol–water partition coefficient (Wildman–Crippen LogP) is 3.35. The number of nitrogen functional groups attached to an aromatic ring is 1. The smallest absolute Gasteiger partial charge is 0.224 e. The Labute approximate surface area is 136 Å². The second-order valence-corrected chi connectivity index (χ2v) is 6.48. The number of carbonyl (C=O) groups is 1. The predicted molar refractivity (Wildman–Crippen MR) is 92.2 cm³/mol. The lowest BCUT2D eigenvalue weighted by Gasteiger charge is -2.13. The summed E-state index contributed by atoms with van der Waals surface area (Å²) in [5.74, 6) is 0.0514. The zero-order chi connectivity index (χ0) is 14.5. The van der Waals surface area contributed by atoms with E-state index in [1.165, 1.54) is 9.75 Å². The Morgan fingerprint density at radius 3 is 2.48 bits per heavy atom. The normalized spacial score (nSPS) is 11.5. The molecule has 114 valence electrons. The second kappa shape index (κ2) is 8.05. The molecule has 1 unspecified atom stereocenters. The lowest BCUT2D eigenvalue weighted by atomic mass is 10.1. The molecule has 2 aromatic rings. The number of anilines is 1. The third-order valence-corrected chi connectivity index (χ3v) is 4.08. The zero-order valence-corrected chi connectivity index (χ0v) is 13.9. The summed E-state index contributed by atoms with van der Waals surface area (Å²) in [5, 5.41) is 3.04. The van der Waals surface area contributed by atoms with Crippen LogP contribution in [0, 0.1) is 6.92 Å². The number of thiophene rings is 1. The fourth-order valence-electron chi connectivity index (χ4n) is 2.09. The molecule has 3 nitrogen and oxygen atoms in total. The molecule has 0 bridgehead atoms. The van der Waals surface area contributed by atoms with E-state index in [4.69, 9.17) is 5.73 Å². The molecule has 5 heteroatoms. The van der Waals surface area contributed by atoms with Gasteiger partial charge in [-0.25, -0.2) is 0 Å². The summed E-state index contributed by atoms with van der Waals surface area (Å²) < 4.78 is 0.